The summed E-state index contributed by atoms with van der Waals surface area (Å²) in [5, 5.41) is 3.22. The number of aromatic nitrogens is 1. The zero-order valence-corrected chi connectivity index (χ0v) is 15.8. The van der Waals surface area contributed by atoms with Crippen LogP contribution in [0.1, 0.15) is 36.2 Å². The van der Waals surface area contributed by atoms with Crippen LogP contribution in [0.4, 0.5) is 5.69 Å². The van der Waals surface area contributed by atoms with Crippen LogP contribution in [0.2, 0.25) is 0 Å². The Labute approximate surface area is 155 Å². The van der Waals surface area contributed by atoms with Gasteiger partial charge in [0.05, 0.1) is 0 Å². The van der Waals surface area contributed by atoms with Crippen LogP contribution in [0.25, 0.3) is 17.2 Å². The van der Waals surface area contributed by atoms with Crippen molar-refractivity contribution in [3.05, 3.63) is 83.2 Å². The van der Waals surface area contributed by atoms with Crippen molar-refractivity contribution in [2.45, 2.75) is 20.8 Å². The van der Waals surface area contributed by atoms with Crippen LogP contribution in [-0.2, 0) is 4.79 Å². The number of carbonyl (C=O) groups is 1. The Morgan fingerprint density at radius 2 is 1.92 bits per heavy atom. The molecule has 0 fully saturated rings. The van der Waals surface area contributed by atoms with Gasteiger partial charge in [-0.3, -0.25) is 4.79 Å². The Balaban J connectivity index is 2.75. The molecule has 2 aromatic rings. The lowest BCUT2D eigenvalue weighted by Gasteiger charge is -2.16. The van der Waals surface area contributed by atoms with Crippen molar-refractivity contribution >= 4 is 29.2 Å². The maximum absolute atomic E-state index is 12.0. The summed E-state index contributed by atoms with van der Waals surface area (Å²) in [6.07, 6.45) is 14.8. The molecule has 2 rings (SSSR count). The van der Waals surface area contributed by atoms with Gasteiger partial charge in [-0.15, -0.1) is 0 Å². The topological polar surface area (TPSA) is 44.9 Å². The van der Waals surface area contributed by atoms with Crippen molar-refractivity contribution in [3.63, 3.8) is 0 Å². The number of allylic oxidation sites excluding steroid dienone is 7. The molecule has 0 amide bonds. The number of aromatic amines is 1. The molecule has 3 nitrogen and oxygen atoms in total. The summed E-state index contributed by atoms with van der Waals surface area (Å²) >= 11 is 0. The van der Waals surface area contributed by atoms with Crippen molar-refractivity contribution < 1.29 is 4.79 Å². The number of H-pyrrole nitrogens is 1. The van der Waals surface area contributed by atoms with E-state index in [4.69, 9.17) is 0 Å². The quantitative estimate of drug-likeness (QED) is 0.387. The molecule has 1 heterocycles. The molecule has 0 bridgehead atoms. The maximum Gasteiger partial charge on any atom is 0.150 e. The molecule has 3 heteroatoms. The Morgan fingerprint density at radius 3 is 2.50 bits per heavy atom. The molecule has 1 aromatic carbocycles. The van der Waals surface area contributed by atoms with Gasteiger partial charge in [0.1, 0.15) is 0 Å². The lowest BCUT2D eigenvalue weighted by molar-refractivity contribution is -0.103. The summed E-state index contributed by atoms with van der Waals surface area (Å²) in [5.41, 5.74) is 6.55. The SMILES string of the molecule is C\C=C/C=C(\C=C\C)c1cccc(NC)c1/C(C=O)=C/c1[nH]ccc1C. The molecule has 1 aromatic heterocycles. The van der Waals surface area contributed by atoms with Gasteiger partial charge in [-0.05, 0) is 55.7 Å². The molecule has 2 N–H and O–H groups in total. The fourth-order valence-electron chi connectivity index (χ4n) is 2.86. The summed E-state index contributed by atoms with van der Waals surface area (Å²) in [4.78, 5) is 15.2. The third-order valence-corrected chi connectivity index (χ3v) is 4.17. The number of hydrogen-bond donors (Lipinski definition) is 2. The van der Waals surface area contributed by atoms with Crippen LogP contribution in [0.15, 0.2) is 60.8 Å². The van der Waals surface area contributed by atoms with E-state index in [0.29, 0.717) is 5.57 Å². The monoisotopic (exact) mass is 346 g/mol. The first-order valence-corrected chi connectivity index (χ1v) is 8.74. The van der Waals surface area contributed by atoms with Gasteiger partial charge in [0.2, 0.25) is 0 Å². The zero-order chi connectivity index (χ0) is 18.9. The Hall–Kier alpha value is -3.07. The highest BCUT2D eigenvalue weighted by Crippen LogP contribution is 2.33. The lowest BCUT2D eigenvalue weighted by atomic mass is 9.91. The minimum Gasteiger partial charge on any atom is -0.388 e. The predicted octanol–water partition coefficient (Wildman–Crippen LogP) is 5.64. The Kier molecular flexibility index (Phi) is 6.98. The maximum atomic E-state index is 12.0. The number of rotatable bonds is 7. The molecule has 0 atom stereocenters. The highest BCUT2D eigenvalue weighted by Gasteiger charge is 2.14. The van der Waals surface area contributed by atoms with Gasteiger partial charge in [0.25, 0.3) is 0 Å². The molecule has 0 radical (unpaired) electrons. The van der Waals surface area contributed by atoms with Gasteiger partial charge in [-0.1, -0.05) is 42.5 Å². The van der Waals surface area contributed by atoms with Gasteiger partial charge >= 0.3 is 0 Å². The van der Waals surface area contributed by atoms with E-state index in [-0.39, 0.29) is 0 Å². The van der Waals surface area contributed by atoms with Crippen molar-refractivity contribution in [1.29, 1.82) is 0 Å². The average molecular weight is 346 g/mol. The molecular formula is C23H26N2O. The molecule has 0 spiro atoms. The van der Waals surface area contributed by atoms with Gasteiger partial charge in [0.15, 0.2) is 6.29 Å². The zero-order valence-electron chi connectivity index (χ0n) is 15.8. The van der Waals surface area contributed by atoms with Crippen molar-refractivity contribution in [2.24, 2.45) is 0 Å². The summed E-state index contributed by atoms with van der Waals surface area (Å²) in [5.74, 6) is 0. The number of hydrogen-bond acceptors (Lipinski definition) is 2. The standard InChI is InChI=1S/C23H26N2O/c1-5-7-10-18(9-6-2)20-11-8-12-21(24-4)23(20)19(16-26)15-22-17(3)13-14-25-22/h5-16,24-25H,1-4H3/b7-5-,9-6+,18-10+,19-15+. The van der Waals surface area contributed by atoms with Gasteiger partial charge in [-0.2, -0.15) is 0 Å². The Morgan fingerprint density at radius 1 is 1.12 bits per heavy atom. The molecule has 0 aliphatic heterocycles. The van der Waals surface area contributed by atoms with Crippen LogP contribution < -0.4 is 5.32 Å². The van der Waals surface area contributed by atoms with E-state index in [2.05, 4.69) is 22.5 Å². The largest absolute Gasteiger partial charge is 0.388 e. The van der Waals surface area contributed by atoms with Crippen LogP contribution in [0, 0.1) is 6.92 Å². The molecule has 0 unspecified atom stereocenters. The van der Waals surface area contributed by atoms with Crippen LogP contribution in [-0.4, -0.2) is 18.3 Å². The second-order valence-corrected chi connectivity index (χ2v) is 5.92. The third-order valence-electron chi connectivity index (χ3n) is 4.17. The summed E-state index contributed by atoms with van der Waals surface area (Å²) in [7, 11) is 1.87. The normalized spacial score (nSPS) is 12.9. The molecule has 26 heavy (non-hydrogen) atoms. The number of benzene rings is 1. The predicted molar refractivity (Wildman–Crippen MR) is 113 cm³/mol. The van der Waals surface area contributed by atoms with Crippen molar-refractivity contribution in [3.8, 4) is 0 Å². The number of nitrogens with one attached hydrogen (secondary N) is 2. The third kappa shape index (κ3) is 4.31. The minimum atomic E-state index is 0.631. The van der Waals surface area contributed by atoms with E-state index in [9.17, 15) is 4.79 Å². The van der Waals surface area contributed by atoms with E-state index in [1.165, 1.54) is 0 Å². The fraction of sp³-hybridized carbons (Fsp3) is 0.174. The van der Waals surface area contributed by atoms with Gasteiger partial charge < -0.3 is 10.3 Å². The first-order chi connectivity index (χ1) is 12.7. The number of aldehydes is 1. The van der Waals surface area contributed by atoms with Crippen molar-refractivity contribution in [2.75, 3.05) is 12.4 Å². The van der Waals surface area contributed by atoms with Crippen molar-refractivity contribution in [1.82, 2.24) is 4.98 Å². The van der Waals surface area contributed by atoms with Crippen LogP contribution >= 0.6 is 0 Å². The second kappa shape index (κ2) is 9.42. The second-order valence-electron chi connectivity index (χ2n) is 5.92. The smallest absolute Gasteiger partial charge is 0.150 e. The molecular weight excluding hydrogens is 320 g/mol. The molecule has 0 saturated carbocycles. The summed E-state index contributed by atoms with van der Waals surface area (Å²) < 4.78 is 0. The number of carbonyl (C=O) groups excluding carboxylic acids is 1. The fourth-order valence-corrected chi connectivity index (χ4v) is 2.86. The number of anilines is 1. The highest BCUT2D eigenvalue weighted by molar-refractivity contribution is 6.17. The molecule has 134 valence electrons. The Bertz CT molecular complexity index is 879. The van der Waals surface area contributed by atoms with Gasteiger partial charge in [0, 0.05) is 35.8 Å². The summed E-state index contributed by atoms with van der Waals surface area (Å²) in [6.45, 7) is 6.00. The molecule has 0 aliphatic rings. The van der Waals surface area contributed by atoms with Crippen LogP contribution in [0.3, 0.4) is 0 Å². The minimum absolute atomic E-state index is 0.631. The van der Waals surface area contributed by atoms with E-state index < -0.39 is 0 Å². The van der Waals surface area contributed by atoms with E-state index in [1.807, 2.05) is 82.6 Å². The molecule has 0 saturated heterocycles. The highest BCUT2D eigenvalue weighted by atomic mass is 16.1. The summed E-state index contributed by atoms with van der Waals surface area (Å²) in [6, 6.07) is 8.03. The average Bonchev–Trinajstić information content (AvgIpc) is 3.07. The van der Waals surface area contributed by atoms with Gasteiger partial charge in [-0.25, -0.2) is 0 Å². The first-order valence-electron chi connectivity index (χ1n) is 8.74. The number of aryl methyl sites for hydroxylation is 1. The lowest BCUT2D eigenvalue weighted by Crippen LogP contribution is -2.01. The van der Waals surface area contributed by atoms with E-state index in [1.54, 1.807) is 0 Å². The van der Waals surface area contributed by atoms with E-state index >= 15 is 0 Å². The first kappa shape index (κ1) is 19.3. The van der Waals surface area contributed by atoms with E-state index in [0.717, 1.165) is 39.9 Å². The van der Waals surface area contributed by atoms with Crippen LogP contribution in [0.5, 0.6) is 0 Å². The molecule has 0 aliphatic carbocycles.